The van der Waals surface area contributed by atoms with Gasteiger partial charge in [0.2, 0.25) is 0 Å². The van der Waals surface area contributed by atoms with E-state index in [0.29, 0.717) is 31.9 Å². The largest absolute Gasteiger partial charge is 0.391 e. The van der Waals surface area contributed by atoms with Crippen molar-refractivity contribution in [2.75, 3.05) is 19.6 Å². The van der Waals surface area contributed by atoms with Gasteiger partial charge in [0.1, 0.15) is 0 Å². The van der Waals surface area contributed by atoms with Gasteiger partial charge in [0.05, 0.1) is 18.8 Å². The Morgan fingerprint density at radius 1 is 1.67 bits per heavy atom. The van der Waals surface area contributed by atoms with Crippen molar-refractivity contribution < 1.29 is 9.90 Å². The first kappa shape index (κ1) is 13.0. The average Bonchev–Trinajstić information content (AvgIpc) is 2.81. The Morgan fingerprint density at radius 3 is 3.11 bits per heavy atom. The highest BCUT2D eigenvalue weighted by atomic mass is 16.3. The number of rotatable bonds is 3. The lowest BCUT2D eigenvalue weighted by Gasteiger charge is -2.33. The molecule has 1 aromatic heterocycles. The Morgan fingerprint density at radius 2 is 2.44 bits per heavy atom. The second-order valence-corrected chi connectivity index (χ2v) is 4.74. The zero-order valence-corrected chi connectivity index (χ0v) is 10.5. The van der Waals surface area contributed by atoms with Gasteiger partial charge in [-0.3, -0.25) is 9.48 Å². The minimum Gasteiger partial charge on any atom is -0.391 e. The number of β-amino-alcohol motifs (C(OH)–C–C–N with tert-alkyl or cyclic N) is 1. The SMILES string of the molecule is CC1CCN(C(=O)c2cn(CCN)nn2)CC1O. The lowest BCUT2D eigenvalue weighted by atomic mass is 9.96. The maximum Gasteiger partial charge on any atom is 0.276 e. The highest BCUT2D eigenvalue weighted by molar-refractivity contribution is 5.92. The third kappa shape index (κ3) is 2.68. The van der Waals surface area contributed by atoms with Crippen LogP contribution in [0, 0.1) is 5.92 Å². The maximum atomic E-state index is 12.1. The molecule has 0 saturated carbocycles. The van der Waals surface area contributed by atoms with Gasteiger partial charge in [-0.25, -0.2) is 0 Å². The van der Waals surface area contributed by atoms with Crippen LogP contribution < -0.4 is 5.73 Å². The third-order valence-electron chi connectivity index (χ3n) is 3.32. The van der Waals surface area contributed by atoms with Gasteiger partial charge in [-0.2, -0.15) is 0 Å². The molecule has 0 bridgehead atoms. The molecular formula is C11H19N5O2. The molecule has 1 saturated heterocycles. The average molecular weight is 253 g/mol. The monoisotopic (exact) mass is 253 g/mol. The summed E-state index contributed by atoms with van der Waals surface area (Å²) >= 11 is 0. The summed E-state index contributed by atoms with van der Waals surface area (Å²) in [4.78, 5) is 13.8. The number of piperidine rings is 1. The number of carbonyl (C=O) groups is 1. The van der Waals surface area contributed by atoms with Gasteiger partial charge >= 0.3 is 0 Å². The first-order valence-corrected chi connectivity index (χ1v) is 6.19. The number of hydrogen-bond donors (Lipinski definition) is 2. The van der Waals surface area contributed by atoms with Crippen LogP contribution in [0.15, 0.2) is 6.20 Å². The van der Waals surface area contributed by atoms with E-state index in [4.69, 9.17) is 5.73 Å². The fourth-order valence-electron chi connectivity index (χ4n) is 2.03. The lowest BCUT2D eigenvalue weighted by molar-refractivity contribution is 0.0245. The summed E-state index contributed by atoms with van der Waals surface area (Å²) in [5, 5.41) is 17.5. The molecule has 7 nitrogen and oxygen atoms in total. The van der Waals surface area contributed by atoms with E-state index < -0.39 is 6.10 Å². The number of nitrogens with two attached hydrogens (primary N) is 1. The van der Waals surface area contributed by atoms with Crippen LogP contribution >= 0.6 is 0 Å². The topological polar surface area (TPSA) is 97.3 Å². The Bertz CT molecular complexity index is 419. The summed E-state index contributed by atoms with van der Waals surface area (Å²) in [6.07, 6.45) is 1.95. The zero-order chi connectivity index (χ0) is 13.1. The molecule has 18 heavy (non-hydrogen) atoms. The molecule has 2 heterocycles. The van der Waals surface area contributed by atoms with Gasteiger partial charge in [0.15, 0.2) is 5.69 Å². The van der Waals surface area contributed by atoms with Crippen molar-refractivity contribution in [1.29, 1.82) is 0 Å². The summed E-state index contributed by atoms with van der Waals surface area (Å²) in [5.74, 6) is 0.0613. The highest BCUT2D eigenvalue weighted by Gasteiger charge is 2.28. The van der Waals surface area contributed by atoms with Gasteiger partial charge in [0.25, 0.3) is 5.91 Å². The van der Waals surface area contributed by atoms with E-state index in [-0.39, 0.29) is 11.8 Å². The smallest absolute Gasteiger partial charge is 0.276 e. The summed E-state index contributed by atoms with van der Waals surface area (Å²) in [6.45, 7) is 4.01. The van der Waals surface area contributed by atoms with Crippen LogP contribution in [-0.4, -0.2) is 56.6 Å². The van der Waals surface area contributed by atoms with E-state index in [1.807, 2.05) is 6.92 Å². The number of hydrogen-bond acceptors (Lipinski definition) is 5. The molecular weight excluding hydrogens is 234 g/mol. The molecule has 1 fully saturated rings. The lowest BCUT2D eigenvalue weighted by Crippen LogP contribution is -2.45. The van der Waals surface area contributed by atoms with Gasteiger partial charge < -0.3 is 15.7 Å². The number of nitrogens with zero attached hydrogens (tertiary/aromatic N) is 4. The van der Waals surface area contributed by atoms with Gasteiger partial charge in [-0.05, 0) is 12.3 Å². The number of aliphatic hydroxyl groups is 1. The summed E-state index contributed by atoms with van der Waals surface area (Å²) in [6, 6.07) is 0. The minimum absolute atomic E-state index is 0.177. The molecule has 1 aromatic rings. The van der Waals surface area contributed by atoms with Crippen LogP contribution in [-0.2, 0) is 6.54 Å². The molecule has 2 atom stereocenters. The maximum absolute atomic E-state index is 12.1. The second kappa shape index (κ2) is 5.45. The number of likely N-dealkylation sites (tertiary alicyclic amines) is 1. The Balaban J connectivity index is 2.02. The van der Waals surface area contributed by atoms with E-state index in [9.17, 15) is 9.90 Å². The van der Waals surface area contributed by atoms with Crippen LogP contribution in [0.5, 0.6) is 0 Å². The molecule has 0 aliphatic carbocycles. The molecule has 1 amide bonds. The number of aliphatic hydroxyl groups excluding tert-OH is 1. The molecule has 1 aliphatic heterocycles. The Labute approximate surface area is 106 Å². The van der Waals surface area contributed by atoms with Gasteiger partial charge in [-0.15, -0.1) is 5.10 Å². The molecule has 0 aromatic carbocycles. The number of amides is 1. The van der Waals surface area contributed by atoms with Crippen LogP contribution in [0.4, 0.5) is 0 Å². The summed E-state index contributed by atoms with van der Waals surface area (Å²) in [5.41, 5.74) is 5.72. The van der Waals surface area contributed by atoms with Crippen LogP contribution in [0.2, 0.25) is 0 Å². The van der Waals surface area contributed by atoms with E-state index in [0.717, 1.165) is 6.42 Å². The van der Waals surface area contributed by atoms with Gasteiger partial charge in [0, 0.05) is 19.6 Å². The summed E-state index contributed by atoms with van der Waals surface area (Å²) in [7, 11) is 0. The van der Waals surface area contributed by atoms with Crippen LogP contribution in [0.1, 0.15) is 23.8 Å². The summed E-state index contributed by atoms with van der Waals surface area (Å²) < 4.78 is 1.55. The Hall–Kier alpha value is -1.47. The van der Waals surface area contributed by atoms with Crippen molar-refractivity contribution >= 4 is 5.91 Å². The highest BCUT2D eigenvalue weighted by Crippen LogP contribution is 2.18. The van der Waals surface area contributed by atoms with Crippen molar-refractivity contribution in [3.05, 3.63) is 11.9 Å². The Kier molecular flexibility index (Phi) is 3.93. The van der Waals surface area contributed by atoms with Crippen molar-refractivity contribution in [2.24, 2.45) is 11.7 Å². The molecule has 2 unspecified atom stereocenters. The standard InChI is InChI=1S/C11H19N5O2/c1-8-2-4-15(7-10(8)17)11(18)9-6-16(5-3-12)14-13-9/h6,8,10,17H,2-5,7,12H2,1H3. The normalized spacial score (nSPS) is 24.3. The van der Waals surface area contributed by atoms with E-state index >= 15 is 0 Å². The van der Waals surface area contributed by atoms with Gasteiger partial charge in [-0.1, -0.05) is 12.1 Å². The second-order valence-electron chi connectivity index (χ2n) is 4.74. The minimum atomic E-state index is -0.457. The molecule has 0 spiro atoms. The quantitative estimate of drug-likeness (QED) is 0.726. The predicted molar refractivity (Wildman–Crippen MR) is 64.8 cm³/mol. The molecule has 100 valence electrons. The van der Waals surface area contributed by atoms with Crippen molar-refractivity contribution in [3.63, 3.8) is 0 Å². The molecule has 2 rings (SSSR count). The van der Waals surface area contributed by atoms with E-state index in [2.05, 4.69) is 10.3 Å². The molecule has 7 heteroatoms. The first-order valence-electron chi connectivity index (χ1n) is 6.19. The van der Waals surface area contributed by atoms with E-state index in [1.165, 1.54) is 0 Å². The van der Waals surface area contributed by atoms with Crippen LogP contribution in [0.25, 0.3) is 0 Å². The van der Waals surface area contributed by atoms with Crippen molar-refractivity contribution in [1.82, 2.24) is 19.9 Å². The van der Waals surface area contributed by atoms with E-state index in [1.54, 1.807) is 15.8 Å². The molecule has 3 N–H and O–H groups in total. The fraction of sp³-hybridized carbons (Fsp3) is 0.727. The third-order valence-corrected chi connectivity index (χ3v) is 3.32. The number of carbonyl (C=O) groups excluding carboxylic acids is 1. The zero-order valence-electron chi connectivity index (χ0n) is 10.5. The molecule has 0 radical (unpaired) electrons. The molecule has 1 aliphatic rings. The van der Waals surface area contributed by atoms with Crippen molar-refractivity contribution in [3.8, 4) is 0 Å². The first-order chi connectivity index (χ1) is 8.61. The predicted octanol–water partition coefficient (Wildman–Crippen LogP) is -0.920. The van der Waals surface area contributed by atoms with Crippen molar-refractivity contribution in [2.45, 2.75) is 26.0 Å². The van der Waals surface area contributed by atoms with Crippen LogP contribution in [0.3, 0.4) is 0 Å². The number of aromatic nitrogens is 3. The fourth-order valence-corrected chi connectivity index (χ4v) is 2.03.